The number of ether oxygens (including phenoxy) is 1. The zero-order valence-electron chi connectivity index (χ0n) is 10.4. The van der Waals surface area contributed by atoms with Gasteiger partial charge in [0.15, 0.2) is 0 Å². The second-order valence-corrected chi connectivity index (χ2v) is 4.82. The lowest BCUT2D eigenvalue weighted by atomic mass is 10.1. The summed E-state index contributed by atoms with van der Waals surface area (Å²) in [6.45, 7) is 0.170. The van der Waals surface area contributed by atoms with Gasteiger partial charge in [-0.3, -0.25) is 16.0 Å². The number of non-ortho nitro benzene ring substituents is 1. The fourth-order valence-electron chi connectivity index (χ4n) is 1.67. The van der Waals surface area contributed by atoms with Crippen molar-refractivity contribution >= 4 is 27.3 Å². The third kappa shape index (κ3) is 3.25. The molecular weight excluding hydrogens is 326 g/mol. The molecule has 2 aromatic rings. The number of hydrogen-bond donors (Lipinski definition) is 2. The summed E-state index contributed by atoms with van der Waals surface area (Å²) < 4.78 is 6.45. The second-order valence-electron chi connectivity index (χ2n) is 3.96. The van der Waals surface area contributed by atoms with E-state index in [0.717, 1.165) is 4.47 Å². The maximum absolute atomic E-state index is 10.8. The molecule has 0 aliphatic heterocycles. The molecule has 0 bridgehead atoms. The maximum atomic E-state index is 10.8. The van der Waals surface area contributed by atoms with Gasteiger partial charge in [0.2, 0.25) is 0 Å². The number of nitrogen functional groups attached to an aromatic ring is 1. The molecule has 0 saturated carbocycles. The molecule has 0 radical (unpaired) electrons. The van der Waals surface area contributed by atoms with Crippen LogP contribution in [-0.2, 0) is 6.61 Å². The predicted octanol–water partition coefficient (Wildman–Crippen LogP) is 3.22. The van der Waals surface area contributed by atoms with Crippen LogP contribution in [-0.4, -0.2) is 4.92 Å². The van der Waals surface area contributed by atoms with Gasteiger partial charge < -0.3 is 10.2 Å². The third-order valence-electron chi connectivity index (χ3n) is 2.67. The number of hydrogen-bond acceptors (Lipinski definition) is 5. The molecule has 0 aliphatic rings. The van der Waals surface area contributed by atoms with Crippen LogP contribution >= 0.6 is 15.9 Å². The molecule has 0 fully saturated rings. The molecule has 20 heavy (non-hydrogen) atoms. The normalized spacial score (nSPS) is 10.1. The van der Waals surface area contributed by atoms with Gasteiger partial charge in [-0.15, -0.1) is 0 Å². The standard InChI is InChI=1S/C13H12BrN3O3/c14-11-3-1-2-4-13(11)20-8-9-7-10(17(18)19)5-6-12(9)16-15/h1-7,16H,8,15H2. The highest BCUT2D eigenvalue weighted by atomic mass is 79.9. The summed E-state index contributed by atoms with van der Waals surface area (Å²) in [6, 6.07) is 11.7. The minimum absolute atomic E-state index is 0.00488. The van der Waals surface area contributed by atoms with Crippen molar-refractivity contribution in [3.63, 3.8) is 0 Å². The summed E-state index contributed by atoms with van der Waals surface area (Å²) in [7, 11) is 0. The van der Waals surface area contributed by atoms with E-state index in [-0.39, 0.29) is 12.3 Å². The van der Waals surface area contributed by atoms with Crippen LogP contribution < -0.4 is 16.0 Å². The molecule has 0 unspecified atom stereocenters. The van der Waals surface area contributed by atoms with Crippen molar-refractivity contribution in [2.45, 2.75) is 6.61 Å². The van der Waals surface area contributed by atoms with Gasteiger partial charge in [0.1, 0.15) is 12.4 Å². The van der Waals surface area contributed by atoms with Crippen LogP contribution in [0.3, 0.4) is 0 Å². The Hall–Kier alpha value is -2.12. The molecule has 104 valence electrons. The van der Waals surface area contributed by atoms with Gasteiger partial charge in [-0.2, -0.15) is 0 Å². The van der Waals surface area contributed by atoms with Crippen molar-refractivity contribution in [1.29, 1.82) is 0 Å². The number of nitrogens with zero attached hydrogens (tertiary/aromatic N) is 1. The van der Waals surface area contributed by atoms with E-state index in [2.05, 4.69) is 21.4 Å². The van der Waals surface area contributed by atoms with Crippen LogP contribution in [0.25, 0.3) is 0 Å². The molecule has 7 heteroatoms. The molecule has 2 rings (SSSR count). The largest absolute Gasteiger partial charge is 0.488 e. The van der Waals surface area contributed by atoms with Gasteiger partial charge in [-0.05, 0) is 34.1 Å². The summed E-state index contributed by atoms with van der Waals surface area (Å²) >= 11 is 3.37. The van der Waals surface area contributed by atoms with Crippen LogP contribution in [0, 0.1) is 10.1 Å². The van der Waals surface area contributed by atoms with Crippen LogP contribution in [0.2, 0.25) is 0 Å². The molecule has 6 nitrogen and oxygen atoms in total. The summed E-state index contributed by atoms with van der Waals surface area (Å²) in [6.07, 6.45) is 0. The molecule has 2 aromatic carbocycles. The molecule has 0 amide bonds. The van der Waals surface area contributed by atoms with E-state index in [1.54, 1.807) is 12.1 Å². The molecule has 0 aromatic heterocycles. The number of nitrogens with one attached hydrogen (secondary N) is 1. The van der Waals surface area contributed by atoms with Crippen molar-refractivity contribution in [2.24, 2.45) is 5.84 Å². The number of nitrogens with two attached hydrogens (primary N) is 1. The fourth-order valence-corrected chi connectivity index (χ4v) is 2.07. The zero-order chi connectivity index (χ0) is 14.5. The number of nitro groups is 1. The first-order chi connectivity index (χ1) is 9.61. The number of para-hydroxylation sites is 1. The average molecular weight is 338 g/mol. The van der Waals surface area contributed by atoms with Gasteiger partial charge in [0.05, 0.1) is 15.1 Å². The highest BCUT2D eigenvalue weighted by Gasteiger charge is 2.11. The first-order valence-corrected chi connectivity index (χ1v) is 6.52. The Balaban J connectivity index is 2.22. The minimum atomic E-state index is -0.456. The molecular formula is C13H12BrN3O3. The van der Waals surface area contributed by atoms with E-state index < -0.39 is 4.92 Å². The number of hydrazine groups is 1. The van der Waals surface area contributed by atoms with Crippen molar-refractivity contribution in [3.05, 3.63) is 62.6 Å². The Morgan fingerprint density at radius 2 is 2.05 bits per heavy atom. The SMILES string of the molecule is NNc1ccc([N+](=O)[O-])cc1COc1ccccc1Br. The lowest BCUT2D eigenvalue weighted by Gasteiger charge is -2.11. The van der Waals surface area contributed by atoms with Crippen molar-refractivity contribution in [3.8, 4) is 5.75 Å². The number of halogens is 1. The minimum Gasteiger partial charge on any atom is -0.488 e. The molecule has 0 atom stereocenters. The van der Waals surface area contributed by atoms with Crippen molar-refractivity contribution in [2.75, 3.05) is 5.43 Å². The van der Waals surface area contributed by atoms with Crippen LogP contribution in [0.5, 0.6) is 5.75 Å². The number of rotatable bonds is 5. The zero-order valence-corrected chi connectivity index (χ0v) is 12.0. The first-order valence-electron chi connectivity index (χ1n) is 5.73. The van der Waals surface area contributed by atoms with Gasteiger partial charge >= 0.3 is 0 Å². The second kappa shape index (κ2) is 6.36. The molecule has 3 N–H and O–H groups in total. The number of nitro benzene ring substituents is 1. The highest BCUT2D eigenvalue weighted by Crippen LogP contribution is 2.27. The predicted molar refractivity (Wildman–Crippen MR) is 79.4 cm³/mol. The van der Waals surface area contributed by atoms with E-state index in [0.29, 0.717) is 17.0 Å². The van der Waals surface area contributed by atoms with Crippen LogP contribution in [0.15, 0.2) is 46.9 Å². The summed E-state index contributed by atoms with van der Waals surface area (Å²) in [5, 5.41) is 10.8. The monoisotopic (exact) mass is 337 g/mol. The van der Waals surface area contributed by atoms with E-state index in [9.17, 15) is 10.1 Å². The first kappa shape index (κ1) is 14.3. The Labute approximate surface area is 123 Å². The van der Waals surface area contributed by atoms with E-state index in [4.69, 9.17) is 10.6 Å². The Morgan fingerprint density at radius 1 is 1.30 bits per heavy atom. The van der Waals surface area contributed by atoms with Crippen LogP contribution in [0.4, 0.5) is 11.4 Å². The number of benzene rings is 2. The molecule has 0 aliphatic carbocycles. The Kier molecular flexibility index (Phi) is 4.54. The summed E-state index contributed by atoms with van der Waals surface area (Å²) in [4.78, 5) is 10.3. The molecule has 0 spiro atoms. The Morgan fingerprint density at radius 3 is 2.70 bits per heavy atom. The smallest absolute Gasteiger partial charge is 0.269 e. The lowest BCUT2D eigenvalue weighted by Crippen LogP contribution is -2.10. The average Bonchev–Trinajstić information content (AvgIpc) is 2.46. The number of anilines is 1. The summed E-state index contributed by atoms with van der Waals surface area (Å²) in [5.74, 6) is 6.05. The Bertz CT molecular complexity index is 634. The maximum Gasteiger partial charge on any atom is 0.269 e. The third-order valence-corrected chi connectivity index (χ3v) is 3.33. The van der Waals surface area contributed by atoms with E-state index >= 15 is 0 Å². The highest BCUT2D eigenvalue weighted by molar-refractivity contribution is 9.10. The quantitative estimate of drug-likeness (QED) is 0.496. The molecule has 0 saturated heterocycles. The van der Waals surface area contributed by atoms with E-state index in [1.165, 1.54) is 12.1 Å². The van der Waals surface area contributed by atoms with Crippen LogP contribution in [0.1, 0.15) is 5.56 Å². The molecule has 0 heterocycles. The van der Waals surface area contributed by atoms with Gasteiger partial charge in [-0.1, -0.05) is 12.1 Å². The van der Waals surface area contributed by atoms with Gasteiger partial charge in [0, 0.05) is 17.7 Å². The van der Waals surface area contributed by atoms with Crippen molar-refractivity contribution < 1.29 is 9.66 Å². The van der Waals surface area contributed by atoms with Gasteiger partial charge in [0.25, 0.3) is 5.69 Å². The summed E-state index contributed by atoms with van der Waals surface area (Å²) in [5.41, 5.74) is 3.69. The van der Waals surface area contributed by atoms with E-state index in [1.807, 2.05) is 18.2 Å². The fraction of sp³-hybridized carbons (Fsp3) is 0.0769. The topological polar surface area (TPSA) is 90.4 Å². The van der Waals surface area contributed by atoms with Gasteiger partial charge in [-0.25, -0.2) is 0 Å². The lowest BCUT2D eigenvalue weighted by molar-refractivity contribution is -0.384. The van der Waals surface area contributed by atoms with Crippen molar-refractivity contribution in [1.82, 2.24) is 0 Å².